The highest BCUT2D eigenvalue weighted by Crippen LogP contribution is 2.22. The highest BCUT2D eigenvalue weighted by atomic mass is 35.5. The van der Waals surface area contributed by atoms with Gasteiger partial charge in [0.25, 0.3) is 5.89 Å². The van der Waals surface area contributed by atoms with Crippen molar-refractivity contribution in [2.75, 3.05) is 0 Å². The Kier molecular flexibility index (Phi) is 2.09. The van der Waals surface area contributed by atoms with Crippen LogP contribution in [-0.2, 0) is 0 Å². The number of aromatic nitrogens is 2. The molecule has 0 aliphatic rings. The number of H-pyrrole nitrogens is 1. The summed E-state index contributed by atoms with van der Waals surface area (Å²) in [6.07, 6.45) is 0. The van der Waals surface area contributed by atoms with E-state index in [1.54, 1.807) is 0 Å². The van der Waals surface area contributed by atoms with Crippen molar-refractivity contribution in [3.63, 3.8) is 0 Å². The van der Waals surface area contributed by atoms with Gasteiger partial charge in [0, 0.05) is 5.02 Å². The van der Waals surface area contributed by atoms with Crippen LogP contribution in [0.5, 0.6) is 0 Å². The molecule has 72 valence electrons. The van der Waals surface area contributed by atoms with Crippen LogP contribution in [-0.4, -0.2) is 10.2 Å². The van der Waals surface area contributed by atoms with E-state index in [1.807, 2.05) is 5.10 Å². The van der Waals surface area contributed by atoms with E-state index in [0.29, 0.717) is 0 Å². The van der Waals surface area contributed by atoms with Crippen LogP contribution in [0.3, 0.4) is 0 Å². The predicted molar refractivity (Wildman–Crippen MR) is 47.5 cm³/mol. The molecule has 0 aliphatic heterocycles. The fraction of sp³-hybridized carbons (Fsp3) is 0. The fourth-order valence-corrected chi connectivity index (χ4v) is 1.17. The minimum Gasteiger partial charge on any atom is -0.388 e. The van der Waals surface area contributed by atoms with Crippen molar-refractivity contribution >= 4 is 11.6 Å². The van der Waals surface area contributed by atoms with Gasteiger partial charge in [0.15, 0.2) is 0 Å². The molecule has 0 spiro atoms. The highest BCUT2D eigenvalue weighted by molar-refractivity contribution is 6.30. The van der Waals surface area contributed by atoms with Gasteiger partial charge in [0.2, 0.25) is 0 Å². The van der Waals surface area contributed by atoms with Gasteiger partial charge in [-0.2, -0.15) is 0 Å². The van der Waals surface area contributed by atoms with E-state index < -0.39 is 11.6 Å². The maximum atomic E-state index is 13.2. The number of nitrogens with zero attached hydrogens (tertiary/aromatic N) is 1. The van der Waals surface area contributed by atoms with Crippen LogP contribution in [0.15, 0.2) is 27.4 Å². The average Bonchev–Trinajstić information content (AvgIpc) is 2.51. The molecule has 0 saturated carbocycles. The molecule has 0 saturated heterocycles. The SMILES string of the molecule is O=c1[nH]nc(-c2ccc(Cl)cc2F)o1. The second-order valence-corrected chi connectivity index (χ2v) is 2.98. The molecule has 14 heavy (non-hydrogen) atoms. The van der Waals surface area contributed by atoms with Gasteiger partial charge in [-0.15, -0.1) is 5.10 Å². The maximum Gasteiger partial charge on any atom is 0.434 e. The van der Waals surface area contributed by atoms with Gasteiger partial charge in [0.05, 0.1) is 5.56 Å². The topological polar surface area (TPSA) is 58.9 Å². The van der Waals surface area contributed by atoms with E-state index in [2.05, 4.69) is 9.52 Å². The van der Waals surface area contributed by atoms with Crippen molar-refractivity contribution in [3.05, 3.63) is 39.6 Å². The average molecular weight is 215 g/mol. The van der Waals surface area contributed by atoms with E-state index in [1.165, 1.54) is 12.1 Å². The summed E-state index contributed by atoms with van der Waals surface area (Å²) in [5.74, 6) is -1.41. The molecule has 1 heterocycles. The molecular formula is C8H4ClFN2O2. The number of nitrogens with one attached hydrogen (secondary N) is 1. The number of hydrogen-bond acceptors (Lipinski definition) is 3. The first kappa shape index (κ1) is 8.96. The summed E-state index contributed by atoms with van der Waals surface area (Å²) in [5.41, 5.74) is 0.0905. The lowest BCUT2D eigenvalue weighted by atomic mass is 10.2. The molecule has 0 unspecified atom stereocenters. The van der Waals surface area contributed by atoms with E-state index in [9.17, 15) is 9.18 Å². The lowest BCUT2D eigenvalue weighted by molar-refractivity contribution is 0.521. The van der Waals surface area contributed by atoms with Gasteiger partial charge in [-0.05, 0) is 18.2 Å². The summed E-state index contributed by atoms with van der Waals surface area (Å²) >= 11 is 5.55. The van der Waals surface area contributed by atoms with Gasteiger partial charge in [-0.1, -0.05) is 11.6 Å². The molecule has 1 N–H and O–H groups in total. The molecule has 0 aliphatic carbocycles. The van der Waals surface area contributed by atoms with Crippen LogP contribution in [0.1, 0.15) is 0 Å². The molecule has 6 heteroatoms. The van der Waals surface area contributed by atoms with Crippen molar-refractivity contribution < 1.29 is 8.81 Å². The molecule has 1 aromatic carbocycles. The number of hydrogen-bond donors (Lipinski definition) is 1. The van der Waals surface area contributed by atoms with Crippen molar-refractivity contribution in [2.45, 2.75) is 0 Å². The van der Waals surface area contributed by atoms with E-state index >= 15 is 0 Å². The number of aromatic amines is 1. The third-order valence-electron chi connectivity index (χ3n) is 1.60. The second-order valence-electron chi connectivity index (χ2n) is 2.54. The maximum absolute atomic E-state index is 13.2. The summed E-state index contributed by atoms with van der Waals surface area (Å²) in [6.45, 7) is 0. The minimum absolute atomic E-state index is 0.0905. The van der Waals surface area contributed by atoms with Crippen LogP contribution in [0.2, 0.25) is 5.02 Å². The summed E-state index contributed by atoms with van der Waals surface area (Å²) in [6, 6.07) is 3.98. The standard InChI is InChI=1S/C8H4ClFN2O2/c9-4-1-2-5(6(10)3-4)7-11-12-8(13)14-7/h1-3H,(H,12,13). The lowest BCUT2D eigenvalue weighted by Crippen LogP contribution is -1.93. The number of benzene rings is 1. The Morgan fingerprint density at radius 3 is 2.86 bits per heavy atom. The van der Waals surface area contributed by atoms with Crippen molar-refractivity contribution in [2.24, 2.45) is 0 Å². The smallest absolute Gasteiger partial charge is 0.388 e. The second kappa shape index (κ2) is 3.26. The fourth-order valence-electron chi connectivity index (χ4n) is 1.01. The molecule has 0 fully saturated rings. The van der Waals surface area contributed by atoms with Crippen molar-refractivity contribution in [1.29, 1.82) is 0 Å². The molecule has 1 aromatic heterocycles. The van der Waals surface area contributed by atoms with Gasteiger partial charge in [-0.3, -0.25) is 0 Å². The Morgan fingerprint density at radius 1 is 1.50 bits per heavy atom. The molecule has 0 atom stereocenters. The molecule has 2 aromatic rings. The first-order valence-corrected chi connectivity index (χ1v) is 4.05. The van der Waals surface area contributed by atoms with Crippen LogP contribution >= 0.6 is 11.6 Å². The normalized spacial score (nSPS) is 10.4. The van der Waals surface area contributed by atoms with Crippen molar-refractivity contribution in [3.8, 4) is 11.5 Å². The highest BCUT2D eigenvalue weighted by Gasteiger charge is 2.10. The monoisotopic (exact) mass is 214 g/mol. The van der Waals surface area contributed by atoms with Crippen molar-refractivity contribution in [1.82, 2.24) is 10.2 Å². The zero-order chi connectivity index (χ0) is 10.1. The van der Waals surface area contributed by atoms with Gasteiger partial charge in [0.1, 0.15) is 5.82 Å². The Bertz CT molecular complexity index is 520. The van der Waals surface area contributed by atoms with Gasteiger partial charge < -0.3 is 4.42 Å². The van der Waals surface area contributed by atoms with Crippen LogP contribution in [0.25, 0.3) is 11.5 Å². The summed E-state index contributed by atoms with van der Waals surface area (Å²) in [5, 5.41) is 5.79. The molecule has 0 bridgehead atoms. The summed E-state index contributed by atoms with van der Waals surface area (Å²) in [4.78, 5) is 10.6. The van der Waals surface area contributed by atoms with Crippen LogP contribution in [0, 0.1) is 5.82 Å². The zero-order valence-electron chi connectivity index (χ0n) is 6.75. The predicted octanol–water partition coefficient (Wildman–Crippen LogP) is 1.82. The van der Waals surface area contributed by atoms with Gasteiger partial charge in [-0.25, -0.2) is 14.3 Å². The molecule has 4 nitrogen and oxygen atoms in total. The lowest BCUT2D eigenvalue weighted by Gasteiger charge is -1.96. The quantitative estimate of drug-likeness (QED) is 0.788. The number of halogens is 2. The Balaban J connectivity index is 2.57. The molecule has 0 radical (unpaired) electrons. The Morgan fingerprint density at radius 2 is 2.29 bits per heavy atom. The Hall–Kier alpha value is -1.62. The largest absolute Gasteiger partial charge is 0.434 e. The first-order valence-electron chi connectivity index (χ1n) is 3.68. The van der Waals surface area contributed by atoms with Crippen LogP contribution < -0.4 is 5.76 Å². The minimum atomic E-state index is -0.727. The van der Waals surface area contributed by atoms with Gasteiger partial charge >= 0.3 is 5.76 Å². The van der Waals surface area contributed by atoms with E-state index in [4.69, 9.17) is 11.6 Å². The Labute approximate surface area is 82.3 Å². The first-order chi connectivity index (χ1) is 6.66. The zero-order valence-corrected chi connectivity index (χ0v) is 7.51. The third kappa shape index (κ3) is 1.54. The molecular weight excluding hydrogens is 211 g/mol. The number of rotatable bonds is 1. The summed E-state index contributed by atoms with van der Waals surface area (Å²) in [7, 11) is 0. The summed E-state index contributed by atoms with van der Waals surface area (Å²) < 4.78 is 17.8. The van der Waals surface area contributed by atoms with Crippen LogP contribution in [0.4, 0.5) is 4.39 Å². The molecule has 2 rings (SSSR count). The van der Waals surface area contributed by atoms with E-state index in [0.717, 1.165) is 6.07 Å². The molecule has 0 amide bonds. The third-order valence-corrected chi connectivity index (χ3v) is 1.83. The van der Waals surface area contributed by atoms with E-state index in [-0.39, 0.29) is 16.5 Å².